The second kappa shape index (κ2) is 3.49. The zero-order valence-electron chi connectivity index (χ0n) is 6.81. The summed E-state index contributed by atoms with van der Waals surface area (Å²) >= 11 is 1.38. The molecule has 66 valence electrons. The first-order chi connectivity index (χ1) is 5.86. The Morgan fingerprint density at radius 1 is 1.58 bits per heavy atom. The maximum absolute atomic E-state index is 9.54. The van der Waals surface area contributed by atoms with Gasteiger partial charge in [-0.1, -0.05) is 10.9 Å². The Morgan fingerprint density at radius 2 is 2.50 bits per heavy atom. The zero-order chi connectivity index (χ0) is 8.39. The standard InChI is InChI=1S/C8H12N2OS/c11-8-3-1-2-6(8)4-7-5-12-10-9-7/h5-6,8,11H,1-4H2/t6-,8+/m0/s1. The number of hydrogen-bond donors (Lipinski definition) is 1. The van der Waals surface area contributed by atoms with E-state index >= 15 is 0 Å². The van der Waals surface area contributed by atoms with E-state index in [1.54, 1.807) is 0 Å². The summed E-state index contributed by atoms with van der Waals surface area (Å²) in [5, 5.41) is 15.5. The van der Waals surface area contributed by atoms with Gasteiger partial charge in [-0.05, 0) is 36.7 Å². The highest BCUT2D eigenvalue weighted by Gasteiger charge is 2.25. The summed E-state index contributed by atoms with van der Waals surface area (Å²) in [5.41, 5.74) is 1.03. The summed E-state index contributed by atoms with van der Waals surface area (Å²) in [6.45, 7) is 0. The summed E-state index contributed by atoms with van der Waals surface area (Å²) in [6, 6.07) is 0. The molecule has 2 rings (SSSR count). The Balaban J connectivity index is 1.95. The van der Waals surface area contributed by atoms with Crippen LogP contribution in [-0.4, -0.2) is 20.8 Å². The number of aliphatic hydroxyl groups is 1. The molecule has 0 aliphatic heterocycles. The number of aromatic nitrogens is 2. The number of nitrogens with zero attached hydrogens (tertiary/aromatic N) is 2. The minimum absolute atomic E-state index is 0.105. The average Bonchev–Trinajstić information content (AvgIpc) is 2.65. The molecule has 1 N–H and O–H groups in total. The topological polar surface area (TPSA) is 46.0 Å². The Kier molecular flexibility index (Phi) is 2.37. The van der Waals surface area contributed by atoms with Crippen LogP contribution in [0.4, 0.5) is 0 Å². The number of aliphatic hydroxyl groups excluding tert-OH is 1. The Bertz CT molecular complexity index is 237. The van der Waals surface area contributed by atoms with Gasteiger partial charge in [-0.25, -0.2) is 0 Å². The van der Waals surface area contributed by atoms with Gasteiger partial charge in [0.25, 0.3) is 0 Å². The molecule has 1 aromatic heterocycles. The Morgan fingerprint density at radius 3 is 3.08 bits per heavy atom. The lowest BCUT2D eigenvalue weighted by Gasteiger charge is -2.11. The van der Waals surface area contributed by atoms with E-state index in [1.807, 2.05) is 5.38 Å². The van der Waals surface area contributed by atoms with Crippen LogP contribution in [0.2, 0.25) is 0 Å². The molecule has 0 aromatic carbocycles. The molecule has 0 radical (unpaired) electrons. The summed E-state index contributed by atoms with van der Waals surface area (Å²) in [7, 11) is 0. The minimum atomic E-state index is -0.105. The minimum Gasteiger partial charge on any atom is -0.393 e. The van der Waals surface area contributed by atoms with Crippen LogP contribution in [0.5, 0.6) is 0 Å². The van der Waals surface area contributed by atoms with Crippen LogP contribution in [0, 0.1) is 5.92 Å². The normalized spacial score (nSPS) is 29.4. The van der Waals surface area contributed by atoms with Crippen molar-refractivity contribution in [3.8, 4) is 0 Å². The van der Waals surface area contributed by atoms with Gasteiger partial charge in [0, 0.05) is 5.38 Å². The molecule has 1 saturated carbocycles. The lowest BCUT2D eigenvalue weighted by molar-refractivity contribution is 0.132. The van der Waals surface area contributed by atoms with Crippen molar-refractivity contribution in [1.29, 1.82) is 0 Å². The molecule has 2 atom stereocenters. The predicted octanol–water partition coefficient (Wildman–Crippen LogP) is 1.24. The van der Waals surface area contributed by atoms with Gasteiger partial charge in [-0.15, -0.1) is 5.10 Å². The van der Waals surface area contributed by atoms with Gasteiger partial charge in [-0.2, -0.15) is 0 Å². The van der Waals surface area contributed by atoms with E-state index in [4.69, 9.17) is 0 Å². The van der Waals surface area contributed by atoms with E-state index < -0.39 is 0 Å². The van der Waals surface area contributed by atoms with Gasteiger partial charge in [0.15, 0.2) is 0 Å². The van der Waals surface area contributed by atoms with Gasteiger partial charge >= 0.3 is 0 Å². The number of rotatable bonds is 2. The molecule has 4 heteroatoms. The zero-order valence-corrected chi connectivity index (χ0v) is 7.63. The van der Waals surface area contributed by atoms with Crippen LogP contribution in [0.15, 0.2) is 5.38 Å². The summed E-state index contributed by atoms with van der Waals surface area (Å²) in [6.07, 6.45) is 4.05. The third-order valence-electron chi connectivity index (χ3n) is 2.50. The van der Waals surface area contributed by atoms with Crippen LogP contribution in [0.1, 0.15) is 25.0 Å². The van der Waals surface area contributed by atoms with Crippen molar-refractivity contribution in [2.45, 2.75) is 31.8 Å². The van der Waals surface area contributed by atoms with Crippen molar-refractivity contribution >= 4 is 11.5 Å². The van der Waals surface area contributed by atoms with Crippen LogP contribution in [-0.2, 0) is 6.42 Å². The third kappa shape index (κ3) is 1.64. The highest BCUT2D eigenvalue weighted by molar-refractivity contribution is 7.03. The van der Waals surface area contributed by atoms with Crippen LogP contribution in [0.3, 0.4) is 0 Å². The van der Waals surface area contributed by atoms with E-state index in [9.17, 15) is 5.11 Å². The molecule has 1 heterocycles. The van der Waals surface area contributed by atoms with Crippen molar-refractivity contribution in [2.24, 2.45) is 5.92 Å². The highest BCUT2D eigenvalue weighted by Crippen LogP contribution is 2.28. The van der Waals surface area contributed by atoms with E-state index in [0.29, 0.717) is 5.92 Å². The fraction of sp³-hybridized carbons (Fsp3) is 0.750. The molecule has 12 heavy (non-hydrogen) atoms. The first kappa shape index (κ1) is 8.13. The quantitative estimate of drug-likeness (QED) is 0.752. The molecule has 1 aliphatic carbocycles. The van der Waals surface area contributed by atoms with Crippen LogP contribution >= 0.6 is 11.5 Å². The lowest BCUT2D eigenvalue weighted by Crippen LogP contribution is -2.15. The van der Waals surface area contributed by atoms with Gasteiger partial charge < -0.3 is 5.11 Å². The summed E-state index contributed by atoms with van der Waals surface area (Å²) < 4.78 is 3.80. The van der Waals surface area contributed by atoms with Gasteiger partial charge in [-0.3, -0.25) is 0 Å². The van der Waals surface area contributed by atoms with E-state index in [0.717, 1.165) is 31.4 Å². The monoisotopic (exact) mass is 184 g/mol. The number of hydrogen-bond acceptors (Lipinski definition) is 4. The Labute approximate surface area is 75.6 Å². The molecule has 0 spiro atoms. The maximum Gasteiger partial charge on any atom is 0.0759 e. The first-order valence-electron chi connectivity index (χ1n) is 4.30. The molecular formula is C8H12N2OS. The molecule has 0 unspecified atom stereocenters. The molecule has 0 amide bonds. The van der Waals surface area contributed by atoms with Crippen molar-refractivity contribution < 1.29 is 5.11 Å². The van der Waals surface area contributed by atoms with Crippen LogP contribution in [0.25, 0.3) is 0 Å². The Hall–Kier alpha value is -0.480. The van der Waals surface area contributed by atoms with Crippen molar-refractivity contribution in [3.05, 3.63) is 11.1 Å². The van der Waals surface area contributed by atoms with Crippen LogP contribution < -0.4 is 0 Å². The van der Waals surface area contributed by atoms with E-state index in [-0.39, 0.29) is 6.10 Å². The van der Waals surface area contributed by atoms with Gasteiger partial charge in [0.1, 0.15) is 0 Å². The van der Waals surface area contributed by atoms with Gasteiger partial charge in [0.2, 0.25) is 0 Å². The van der Waals surface area contributed by atoms with E-state index in [1.165, 1.54) is 11.5 Å². The molecule has 3 nitrogen and oxygen atoms in total. The second-order valence-corrected chi connectivity index (χ2v) is 3.97. The largest absolute Gasteiger partial charge is 0.393 e. The summed E-state index contributed by atoms with van der Waals surface area (Å²) in [5.74, 6) is 0.425. The molecule has 0 bridgehead atoms. The van der Waals surface area contributed by atoms with Crippen molar-refractivity contribution in [3.63, 3.8) is 0 Å². The second-order valence-electron chi connectivity index (χ2n) is 3.36. The lowest BCUT2D eigenvalue weighted by atomic mass is 10.0. The fourth-order valence-electron chi connectivity index (χ4n) is 1.80. The molecule has 1 fully saturated rings. The average molecular weight is 184 g/mol. The van der Waals surface area contributed by atoms with Gasteiger partial charge in [0.05, 0.1) is 11.8 Å². The van der Waals surface area contributed by atoms with Crippen molar-refractivity contribution in [1.82, 2.24) is 9.59 Å². The highest BCUT2D eigenvalue weighted by atomic mass is 32.1. The predicted molar refractivity (Wildman–Crippen MR) is 47.0 cm³/mol. The third-order valence-corrected chi connectivity index (χ3v) is 3.05. The van der Waals surface area contributed by atoms with Crippen molar-refractivity contribution in [2.75, 3.05) is 0 Å². The molecular weight excluding hydrogens is 172 g/mol. The smallest absolute Gasteiger partial charge is 0.0759 e. The SMILES string of the molecule is O[C@@H]1CCC[C@H]1Cc1csnn1. The fourth-order valence-corrected chi connectivity index (χ4v) is 2.26. The van der Waals surface area contributed by atoms with E-state index in [2.05, 4.69) is 9.59 Å². The molecule has 1 aromatic rings. The summed E-state index contributed by atoms with van der Waals surface area (Å²) in [4.78, 5) is 0. The molecule has 0 saturated heterocycles. The molecule has 1 aliphatic rings. The first-order valence-corrected chi connectivity index (χ1v) is 5.14. The maximum atomic E-state index is 9.54.